The second kappa shape index (κ2) is 2.68. The predicted octanol–water partition coefficient (Wildman–Crippen LogP) is -5.14. The Kier molecular flexibility index (Phi) is 4.35. The van der Waals surface area contributed by atoms with Crippen molar-refractivity contribution < 1.29 is 35.7 Å². The predicted molar refractivity (Wildman–Crippen MR) is 5.75 cm³/mol. The minimum atomic E-state index is -5.61. The van der Waals surface area contributed by atoms with E-state index >= 15 is 0 Å². The molecule has 0 rings (SSSR count). The Morgan fingerprint density at radius 2 is 0.833 bits per heavy atom. The van der Waals surface area contributed by atoms with Crippen molar-refractivity contribution in [1.29, 1.82) is 0 Å². The molecule has 0 aliphatic heterocycles. The Morgan fingerprint density at radius 3 is 0.833 bits per heavy atom. The van der Waals surface area contributed by atoms with Crippen LogP contribution in [0.2, 0.25) is 0 Å². The van der Waals surface area contributed by atoms with Gasteiger partial charge in [-0.2, -0.15) is 0 Å². The van der Waals surface area contributed by atoms with Crippen molar-refractivity contribution in [3.05, 3.63) is 0 Å². The molecule has 6 heavy (non-hydrogen) atoms. The van der Waals surface area contributed by atoms with Crippen LogP contribution in [0, 0.1) is 0 Å². The van der Waals surface area contributed by atoms with Gasteiger partial charge < -0.3 is 28.2 Å². The van der Waals surface area contributed by atoms with Crippen molar-refractivity contribution in [2.24, 2.45) is 0 Å². The molecule has 0 heterocycles. The zero-order chi connectivity index (χ0) is 4.50. The molecule has 0 radical (unpaired) electrons. The van der Waals surface area contributed by atoms with Gasteiger partial charge >= 0.3 is 16.5 Å². The van der Waals surface area contributed by atoms with Crippen LogP contribution in [0.15, 0.2) is 0 Å². The van der Waals surface area contributed by atoms with Crippen LogP contribution in [0.25, 0.3) is 0 Å². The second-order valence-corrected chi connectivity index (χ2v) is 1.50. The summed E-state index contributed by atoms with van der Waals surface area (Å²) in [5, 5.41) is 0. The van der Waals surface area contributed by atoms with Gasteiger partial charge in [-0.3, -0.25) is 0 Å². The summed E-state index contributed by atoms with van der Waals surface area (Å²) in [7, 11) is -5.61. The molecular formula is NiO4Si. The largest absolute Gasteiger partial charge is 4.00 e. The third-order valence-electron chi connectivity index (χ3n) is 0. The summed E-state index contributed by atoms with van der Waals surface area (Å²) in [4.78, 5) is 34.3. The average Bonchev–Trinajstić information content (AvgIpc) is 0.722. The van der Waals surface area contributed by atoms with E-state index < -0.39 is 9.05 Å². The molecule has 0 unspecified atom stereocenters. The average molecular weight is 151 g/mol. The normalized spacial score (nSPS) is 10.0. The van der Waals surface area contributed by atoms with Crippen molar-refractivity contribution >= 4 is 9.05 Å². The minimum Gasteiger partial charge on any atom is -0.894 e. The van der Waals surface area contributed by atoms with Gasteiger partial charge in [0.15, 0.2) is 0 Å². The molecule has 0 aromatic rings. The standard InChI is InChI=1S/Ni.O4Si/c;1-5(2,3)4/q+4;-4. The molecule has 6 heteroatoms. The van der Waals surface area contributed by atoms with Crippen molar-refractivity contribution in [3.63, 3.8) is 0 Å². The zero-order valence-electron chi connectivity index (χ0n) is 2.45. The van der Waals surface area contributed by atoms with Gasteiger partial charge in [0.05, 0.1) is 0 Å². The van der Waals surface area contributed by atoms with Crippen LogP contribution >= 0.6 is 0 Å². The third-order valence-corrected chi connectivity index (χ3v) is 0. The molecule has 0 spiro atoms. The minimum absolute atomic E-state index is 0. The molecule has 0 saturated heterocycles. The molecule has 0 N–H and O–H groups in total. The van der Waals surface area contributed by atoms with Gasteiger partial charge in [-0.25, -0.2) is 0 Å². The molecule has 0 bridgehead atoms. The monoisotopic (exact) mass is 150 g/mol. The van der Waals surface area contributed by atoms with Crippen LogP contribution in [0.1, 0.15) is 0 Å². The van der Waals surface area contributed by atoms with Crippen molar-refractivity contribution in [2.45, 2.75) is 0 Å². The van der Waals surface area contributed by atoms with Crippen molar-refractivity contribution in [1.82, 2.24) is 0 Å². The first-order valence-corrected chi connectivity index (χ1v) is 2.45. The summed E-state index contributed by atoms with van der Waals surface area (Å²) in [6, 6.07) is 0. The molecule has 0 atom stereocenters. The van der Waals surface area contributed by atoms with Crippen LogP contribution in [0.5, 0.6) is 0 Å². The van der Waals surface area contributed by atoms with Gasteiger partial charge in [0.25, 0.3) is 0 Å². The number of hydrogen-bond donors (Lipinski definition) is 0. The third kappa shape index (κ3) is 189. The molecule has 0 aliphatic rings. The first kappa shape index (κ1) is 9.75. The molecule has 0 amide bonds. The van der Waals surface area contributed by atoms with Gasteiger partial charge in [0.1, 0.15) is 0 Å². The molecule has 4 nitrogen and oxygen atoms in total. The Morgan fingerprint density at radius 1 is 0.833 bits per heavy atom. The van der Waals surface area contributed by atoms with E-state index in [0.29, 0.717) is 0 Å². The van der Waals surface area contributed by atoms with Crippen LogP contribution in [0.4, 0.5) is 0 Å². The summed E-state index contributed by atoms with van der Waals surface area (Å²) in [6.45, 7) is 0. The Labute approximate surface area is 45.5 Å². The van der Waals surface area contributed by atoms with E-state index in [1.165, 1.54) is 0 Å². The summed E-state index contributed by atoms with van der Waals surface area (Å²) in [5.74, 6) is 0. The van der Waals surface area contributed by atoms with E-state index in [0.717, 1.165) is 0 Å². The van der Waals surface area contributed by atoms with Crippen LogP contribution in [0.3, 0.4) is 0 Å². The maximum Gasteiger partial charge on any atom is 4.00 e. The Balaban J connectivity index is 0. The van der Waals surface area contributed by atoms with Crippen molar-refractivity contribution in [3.8, 4) is 0 Å². The molecule has 0 saturated carbocycles. The maximum atomic E-state index is 8.58. The first-order valence-electron chi connectivity index (χ1n) is 0.816. The van der Waals surface area contributed by atoms with E-state index in [2.05, 4.69) is 0 Å². The van der Waals surface area contributed by atoms with Crippen LogP contribution < -0.4 is 19.2 Å². The fourth-order valence-corrected chi connectivity index (χ4v) is 0. The van der Waals surface area contributed by atoms with E-state index in [1.54, 1.807) is 0 Å². The zero-order valence-corrected chi connectivity index (χ0v) is 4.44. The van der Waals surface area contributed by atoms with E-state index in [9.17, 15) is 0 Å². The topological polar surface area (TPSA) is 92.2 Å². The summed E-state index contributed by atoms with van der Waals surface area (Å²) < 4.78 is 0. The fraction of sp³-hybridized carbons (Fsp3) is 0. The second-order valence-electron chi connectivity index (χ2n) is 0.500. The molecule has 38 valence electrons. The van der Waals surface area contributed by atoms with Gasteiger partial charge in [-0.05, 0) is 0 Å². The smallest absolute Gasteiger partial charge is 0.894 e. The van der Waals surface area contributed by atoms with E-state index in [1.807, 2.05) is 0 Å². The molecule has 0 aromatic heterocycles. The van der Waals surface area contributed by atoms with Crippen LogP contribution in [-0.2, 0) is 16.5 Å². The van der Waals surface area contributed by atoms with Gasteiger partial charge in [-0.1, -0.05) is 0 Å². The van der Waals surface area contributed by atoms with Crippen molar-refractivity contribution in [2.75, 3.05) is 0 Å². The first-order chi connectivity index (χ1) is 2.00. The summed E-state index contributed by atoms with van der Waals surface area (Å²) in [5.41, 5.74) is 0. The van der Waals surface area contributed by atoms with Gasteiger partial charge in [-0.15, -0.1) is 0 Å². The quantitative estimate of drug-likeness (QED) is 0.323. The molecule has 0 aromatic carbocycles. The Bertz CT molecular complexity index is 23.0. The fourth-order valence-electron chi connectivity index (χ4n) is 0. The number of hydrogen-bond acceptors (Lipinski definition) is 4. The summed E-state index contributed by atoms with van der Waals surface area (Å²) >= 11 is 0. The van der Waals surface area contributed by atoms with Gasteiger partial charge in [0.2, 0.25) is 0 Å². The molecule has 0 fully saturated rings. The maximum absolute atomic E-state index is 8.58. The Hall–Kier alpha value is 0.550. The van der Waals surface area contributed by atoms with E-state index in [4.69, 9.17) is 19.2 Å². The number of rotatable bonds is 0. The van der Waals surface area contributed by atoms with Gasteiger partial charge in [0, 0.05) is 0 Å². The summed E-state index contributed by atoms with van der Waals surface area (Å²) in [6.07, 6.45) is 0. The molecular weight excluding hydrogens is 151 g/mol. The SMILES string of the molecule is [Ni+4].[O-][Si]([O-])([O-])[O-]. The van der Waals surface area contributed by atoms with E-state index in [-0.39, 0.29) is 16.5 Å². The van der Waals surface area contributed by atoms with Crippen LogP contribution in [-0.4, -0.2) is 9.05 Å². The molecule has 0 aliphatic carbocycles.